The quantitative estimate of drug-likeness (QED) is 0.280. The van der Waals surface area contributed by atoms with Crippen LogP contribution in [0.25, 0.3) is 10.9 Å². The summed E-state index contributed by atoms with van der Waals surface area (Å²) in [7, 11) is -4.00. The molecule has 0 fully saturated rings. The van der Waals surface area contributed by atoms with E-state index in [1.807, 2.05) is 6.07 Å². The van der Waals surface area contributed by atoms with E-state index in [2.05, 4.69) is 20.3 Å². The molecular formula is C23H19F3N4O3S. The smallest absolute Gasteiger partial charge is 0.361 e. The van der Waals surface area contributed by atoms with E-state index in [1.54, 1.807) is 31.3 Å². The summed E-state index contributed by atoms with van der Waals surface area (Å²) in [5, 5.41) is 5.68. The van der Waals surface area contributed by atoms with Gasteiger partial charge in [-0.2, -0.15) is 13.2 Å². The van der Waals surface area contributed by atoms with Crippen LogP contribution in [0.2, 0.25) is 0 Å². The number of fused-ring (bicyclic) bond motifs is 1. The third kappa shape index (κ3) is 5.15. The fourth-order valence-electron chi connectivity index (χ4n) is 3.36. The van der Waals surface area contributed by atoms with Crippen molar-refractivity contribution < 1.29 is 26.4 Å². The Morgan fingerprint density at radius 1 is 0.882 bits per heavy atom. The molecule has 0 radical (unpaired) electrons. The van der Waals surface area contributed by atoms with Gasteiger partial charge in [-0.25, -0.2) is 13.2 Å². The zero-order valence-electron chi connectivity index (χ0n) is 17.7. The normalized spacial score (nSPS) is 11.9. The number of alkyl halides is 3. The van der Waals surface area contributed by atoms with E-state index in [0.29, 0.717) is 11.3 Å². The molecule has 0 aliphatic heterocycles. The molecule has 1 heterocycles. The first-order chi connectivity index (χ1) is 16.0. The van der Waals surface area contributed by atoms with Gasteiger partial charge in [0, 0.05) is 23.1 Å². The van der Waals surface area contributed by atoms with E-state index in [0.717, 1.165) is 23.0 Å². The first-order valence-corrected chi connectivity index (χ1v) is 11.5. The zero-order chi connectivity index (χ0) is 24.5. The van der Waals surface area contributed by atoms with Crippen molar-refractivity contribution in [2.24, 2.45) is 0 Å². The Bertz CT molecular complexity index is 1480. The highest BCUT2D eigenvalue weighted by Crippen LogP contribution is 2.31. The van der Waals surface area contributed by atoms with Crippen LogP contribution in [-0.4, -0.2) is 19.4 Å². The summed E-state index contributed by atoms with van der Waals surface area (Å²) in [4.78, 5) is 15.3. The molecule has 0 aliphatic carbocycles. The number of aromatic nitrogens is 1. The Morgan fingerprint density at radius 2 is 1.59 bits per heavy atom. The van der Waals surface area contributed by atoms with Crippen LogP contribution in [0, 0.1) is 6.92 Å². The van der Waals surface area contributed by atoms with Crippen molar-refractivity contribution in [3.8, 4) is 0 Å². The van der Waals surface area contributed by atoms with Gasteiger partial charge in [-0.3, -0.25) is 4.72 Å². The number of halogens is 3. The number of rotatable bonds is 5. The Balaban J connectivity index is 1.51. The Kier molecular flexibility index (Phi) is 5.96. The van der Waals surface area contributed by atoms with Gasteiger partial charge in [0.15, 0.2) is 0 Å². The van der Waals surface area contributed by atoms with Crippen LogP contribution in [0.5, 0.6) is 0 Å². The number of carbonyl (C=O) groups is 1. The Hall–Kier alpha value is -3.99. The third-order valence-electron chi connectivity index (χ3n) is 4.99. The molecular weight excluding hydrogens is 469 g/mol. The average molecular weight is 488 g/mol. The number of H-pyrrole nitrogens is 1. The number of amides is 2. The predicted octanol–water partition coefficient (Wildman–Crippen LogP) is 5.94. The van der Waals surface area contributed by atoms with Gasteiger partial charge in [-0.15, -0.1) is 0 Å². The summed E-state index contributed by atoms with van der Waals surface area (Å²) in [6.07, 6.45) is -2.81. The molecule has 4 aromatic rings. The first kappa shape index (κ1) is 23.2. The van der Waals surface area contributed by atoms with Gasteiger partial charge in [-0.1, -0.05) is 18.2 Å². The molecule has 0 unspecified atom stereocenters. The van der Waals surface area contributed by atoms with Crippen molar-refractivity contribution in [3.05, 3.63) is 84.1 Å². The molecule has 0 saturated heterocycles. The zero-order valence-corrected chi connectivity index (χ0v) is 18.5. The molecule has 7 nitrogen and oxygen atoms in total. The number of nitrogens with one attached hydrogen (secondary N) is 4. The number of benzene rings is 3. The average Bonchev–Trinajstić information content (AvgIpc) is 3.22. The first-order valence-electron chi connectivity index (χ1n) is 9.97. The molecule has 4 N–H and O–H groups in total. The summed E-state index contributed by atoms with van der Waals surface area (Å²) < 4.78 is 67.1. The van der Waals surface area contributed by atoms with Crippen molar-refractivity contribution in [2.45, 2.75) is 18.0 Å². The fraction of sp³-hybridized carbons (Fsp3) is 0.0870. The van der Waals surface area contributed by atoms with Crippen LogP contribution >= 0.6 is 0 Å². The Morgan fingerprint density at radius 3 is 2.32 bits per heavy atom. The minimum atomic E-state index is -4.55. The van der Waals surface area contributed by atoms with Gasteiger partial charge in [0.25, 0.3) is 10.0 Å². The number of aryl methyl sites for hydroxylation is 1. The van der Waals surface area contributed by atoms with Gasteiger partial charge < -0.3 is 15.6 Å². The van der Waals surface area contributed by atoms with Crippen LogP contribution in [0.3, 0.4) is 0 Å². The van der Waals surface area contributed by atoms with E-state index in [-0.39, 0.29) is 16.3 Å². The molecule has 3 aromatic carbocycles. The standard InChI is InChI=1S/C23H19F3N4O3S/c1-14-5-7-18(29-22(31)28-17-4-2-3-16(11-17)23(24,25)26)13-21(14)34(32,33)30-19-8-6-15-9-10-27-20(15)12-19/h2-13,27,30H,1H3,(H2,28,29,31). The van der Waals surface area contributed by atoms with E-state index in [4.69, 9.17) is 0 Å². The monoisotopic (exact) mass is 488 g/mol. The number of aromatic amines is 1. The minimum Gasteiger partial charge on any atom is -0.361 e. The number of sulfonamides is 1. The van der Waals surface area contributed by atoms with Crippen LogP contribution in [0.1, 0.15) is 11.1 Å². The van der Waals surface area contributed by atoms with Gasteiger partial charge in [0.2, 0.25) is 0 Å². The van der Waals surface area contributed by atoms with Gasteiger partial charge in [0.05, 0.1) is 16.1 Å². The van der Waals surface area contributed by atoms with Crippen LogP contribution in [-0.2, 0) is 16.2 Å². The molecule has 34 heavy (non-hydrogen) atoms. The molecule has 0 aliphatic rings. The molecule has 0 atom stereocenters. The SMILES string of the molecule is Cc1ccc(NC(=O)Nc2cccc(C(F)(F)F)c2)cc1S(=O)(=O)Nc1ccc2cc[nH]c2c1. The number of hydrogen-bond acceptors (Lipinski definition) is 3. The molecule has 176 valence electrons. The van der Waals surface area contributed by atoms with E-state index < -0.39 is 27.8 Å². The Labute approximate surface area is 193 Å². The summed E-state index contributed by atoms with van der Waals surface area (Å²) in [6.45, 7) is 1.61. The molecule has 4 rings (SSSR count). The maximum absolute atomic E-state index is 13.0. The van der Waals surface area contributed by atoms with Gasteiger partial charge in [0.1, 0.15) is 0 Å². The number of carbonyl (C=O) groups excluding carboxylic acids is 1. The molecule has 1 aromatic heterocycles. The fourth-order valence-corrected chi connectivity index (χ4v) is 4.68. The highest BCUT2D eigenvalue weighted by atomic mass is 32.2. The van der Waals surface area contributed by atoms with Crippen molar-refractivity contribution in [2.75, 3.05) is 15.4 Å². The lowest BCUT2D eigenvalue weighted by atomic mass is 10.2. The summed E-state index contributed by atoms with van der Waals surface area (Å²) in [5.41, 5.74) is 0.743. The number of anilines is 3. The van der Waals surface area contributed by atoms with Crippen molar-refractivity contribution >= 4 is 44.0 Å². The van der Waals surface area contributed by atoms with Crippen LogP contribution in [0.4, 0.5) is 35.0 Å². The van der Waals surface area contributed by atoms with Crippen molar-refractivity contribution in [3.63, 3.8) is 0 Å². The van der Waals surface area contributed by atoms with E-state index in [9.17, 15) is 26.4 Å². The highest BCUT2D eigenvalue weighted by Gasteiger charge is 2.30. The third-order valence-corrected chi connectivity index (χ3v) is 6.51. The van der Waals surface area contributed by atoms with E-state index >= 15 is 0 Å². The van der Waals surface area contributed by atoms with Gasteiger partial charge in [-0.05, 0) is 66.4 Å². The lowest BCUT2D eigenvalue weighted by Crippen LogP contribution is -2.20. The van der Waals surface area contributed by atoms with Crippen LogP contribution in [0.15, 0.2) is 77.8 Å². The number of hydrogen-bond donors (Lipinski definition) is 4. The second kappa shape index (κ2) is 8.75. The van der Waals surface area contributed by atoms with Crippen molar-refractivity contribution in [1.82, 2.24) is 4.98 Å². The minimum absolute atomic E-state index is 0.0593. The largest absolute Gasteiger partial charge is 0.416 e. The molecule has 2 amide bonds. The molecule has 0 saturated carbocycles. The lowest BCUT2D eigenvalue weighted by Gasteiger charge is -2.14. The molecule has 0 spiro atoms. The predicted molar refractivity (Wildman–Crippen MR) is 124 cm³/mol. The topological polar surface area (TPSA) is 103 Å². The summed E-state index contributed by atoms with van der Waals surface area (Å²) >= 11 is 0. The summed E-state index contributed by atoms with van der Waals surface area (Å²) in [6, 6.07) is 14.6. The molecule has 11 heteroatoms. The number of urea groups is 1. The van der Waals surface area contributed by atoms with E-state index in [1.165, 1.54) is 30.3 Å². The lowest BCUT2D eigenvalue weighted by molar-refractivity contribution is -0.137. The maximum Gasteiger partial charge on any atom is 0.416 e. The highest BCUT2D eigenvalue weighted by molar-refractivity contribution is 7.92. The second-order valence-corrected chi connectivity index (χ2v) is 9.17. The van der Waals surface area contributed by atoms with Crippen LogP contribution < -0.4 is 15.4 Å². The van der Waals surface area contributed by atoms with Crippen molar-refractivity contribution in [1.29, 1.82) is 0 Å². The second-order valence-electron chi connectivity index (χ2n) is 7.52. The van der Waals surface area contributed by atoms with Gasteiger partial charge >= 0.3 is 12.2 Å². The molecule has 0 bridgehead atoms. The summed E-state index contributed by atoms with van der Waals surface area (Å²) in [5.74, 6) is 0. The maximum atomic E-state index is 13.0.